The van der Waals surface area contributed by atoms with E-state index in [1.165, 1.54) is 12.1 Å². The number of guanidine groups is 1. The van der Waals surface area contributed by atoms with Gasteiger partial charge >= 0.3 is 0 Å². The first kappa shape index (κ1) is 17.7. The summed E-state index contributed by atoms with van der Waals surface area (Å²) in [6.07, 6.45) is 3.13. The monoisotopic (exact) mass is 370 g/mol. The van der Waals surface area contributed by atoms with E-state index >= 15 is 0 Å². The highest BCUT2D eigenvalue weighted by Crippen LogP contribution is 2.25. The van der Waals surface area contributed by atoms with Crippen molar-refractivity contribution in [2.24, 2.45) is 15.9 Å². The molecular weight excluding hydrogens is 352 g/mol. The van der Waals surface area contributed by atoms with E-state index in [1.807, 2.05) is 24.3 Å². The van der Waals surface area contributed by atoms with Gasteiger partial charge in [0, 0.05) is 23.0 Å². The number of carbonyl (C=O) groups is 1. The standard InChI is InChI=1S/C18H18N4O3S/c19-18(20)22-26(24,25)15-9-7-14(8-10-15)21-11-13-6-5-12-3-1-2-4-16(12)17(13)23/h1-4,7-11,21H,5-6H2,(H4,19,20,22)/b13-11-. The highest BCUT2D eigenvalue weighted by atomic mass is 32.2. The van der Waals surface area contributed by atoms with Gasteiger partial charge in [0.1, 0.15) is 0 Å². The molecule has 0 radical (unpaired) electrons. The van der Waals surface area contributed by atoms with Crippen molar-refractivity contribution in [3.8, 4) is 0 Å². The zero-order valence-corrected chi connectivity index (χ0v) is 14.7. The molecule has 2 aromatic rings. The smallest absolute Gasteiger partial charge is 0.285 e. The van der Waals surface area contributed by atoms with Gasteiger partial charge in [-0.15, -0.1) is 4.40 Å². The number of sulfonamides is 1. The van der Waals surface area contributed by atoms with E-state index in [0.29, 0.717) is 17.7 Å². The summed E-state index contributed by atoms with van der Waals surface area (Å²) in [5.41, 5.74) is 13.4. The van der Waals surface area contributed by atoms with Crippen molar-refractivity contribution >= 4 is 27.5 Å². The van der Waals surface area contributed by atoms with Crippen molar-refractivity contribution in [1.29, 1.82) is 0 Å². The first-order chi connectivity index (χ1) is 12.4. The molecule has 0 saturated carbocycles. The topological polar surface area (TPSA) is 128 Å². The highest BCUT2D eigenvalue weighted by molar-refractivity contribution is 7.90. The van der Waals surface area contributed by atoms with Crippen LogP contribution in [0.25, 0.3) is 0 Å². The van der Waals surface area contributed by atoms with Gasteiger partial charge in [-0.3, -0.25) is 4.79 Å². The number of ketones is 1. The van der Waals surface area contributed by atoms with Gasteiger partial charge in [0.2, 0.25) is 5.96 Å². The molecule has 0 atom stereocenters. The van der Waals surface area contributed by atoms with Gasteiger partial charge in [0.25, 0.3) is 10.0 Å². The Morgan fingerprint density at radius 3 is 2.42 bits per heavy atom. The van der Waals surface area contributed by atoms with E-state index < -0.39 is 16.0 Å². The Kier molecular flexibility index (Phi) is 4.77. The molecule has 1 aliphatic carbocycles. The van der Waals surface area contributed by atoms with Crippen LogP contribution in [-0.4, -0.2) is 20.2 Å². The third kappa shape index (κ3) is 3.75. The molecule has 134 valence electrons. The Hall–Kier alpha value is -3.13. The minimum absolute atomic E-state index is 0.00584. The molecule has 0 aromatic heterocycles. The van der Waals surface area contributed by atoms with E-state index in [1.54, 1.807) is 18.3 Å². The van der Waals surface area contributed by atoms with Crippen LogP contribution in [-0.2, 0) is 16.4 Å². The number of nitrogens with two attached hydrogens (primary N) is 2. The van der Waals surface area contributed by atoms with E-state index in [2.05, 4.69) is 9.71 Å². The van der Waals surface area contributed by atoms with E-state index in [9.17, 15) is 13.2 Å². The third-order valence-corrected chi connectivity index (χ3v) is 5.33. The van der Waals surface area contributed by atoms with Gasteiger partial charge in [-0.25, -0.2) is 0 Å². The van der Waals surface area contributed by atoms with Gasteiger partial charge in [-0.1, -0.05) is 24.3 Å². The SMILES string of the molecule is NC(N)=NS(=O)(=O)c1ccc(N/C=C2/CCc3ccccc3C2=O)cc1. The van der Waals surface area contributed by atoms with Crippen molar-refractivity contribution in [1.82, 2.24) is 0 Å². The van der Waals surface area contributed by atoms with Crippen LogP contribution >= 0.6 is 0 Å². The van der Waals surface area contributed by atoms with Crippen LogP contribution in [0.5, 0.6) is 0 Å². The van der Waals surface area contributed by atoms with Crippen molar-refractivity contribution < 1.29 is 13.2 Å². The Bertz CT molecular complexity index is 1000. The summed E-state index contributed by atoms with van der Waals surface area (Å²) < 4.78 is 27.0. The average Bonchev–Trinajstić information content (AvgIpc) is 2.61. The number of carbonyl (C=O) groups excluding carboxylic acids is 1. The molecule has 7 nitrogen and oxygen atoms in total. The molecule has 0 amide bonds. The number of benzene rings is 2. The number of Topliss-reactive ketones (excluding diaryl/α,β-unsaturated/α-hetero) is 1. The fourth-order valence-corrected chi connectivity index (χ4v) is 3.60. The molecule has 26 heavy (non-hydrogen) atoms. The number of allylic oxidation sites excluding steroid dienone is 1. The summed E-state index contributed by atoms with van der Waals surface area (Å²) in [6.45, 7) is 0. The summed E-state index contributed by atoms with van der Waals surface area (Å²) in [4.78, 5) is 12.5. The first-order valence-electron chi connectivity index (χ1n) is 7.91. The Morgan fingerprint density at radius 1 is 1.04 bits per heavy atom. The minimum atomic E-state index is -3.91. The molecule has 0 saturated heterocycles. The largest absolute Gasteiger partial charge is 0.369 e. The zero-order chi connectivity index (χ0) is 18.7. The van der Waals surface area contributed by atoms with Gasteiger partial charge < -0.3 is 16.8 Å². The lowest BCUT2D eigenvalue weighted by Gasteiger charge is -2.17. The Labute approximate surface area is 151 Å². The first-order valence-corrected chi connectivity index (χ1v) is 9.35. The van der Waals surface area contributed by atoms with E-state index in [0.717, 1.165) is 17.5 Å². The number of fused-ring (bicyclic) bond motifs is 1. The van der Waals surface area contributed by atoms with Crippen LogP contribution in [0.4, 0.5) is 5.69 Å². The maximum atomic E-state index is 12.5. The number of aryl methyl sites for hydroxylation is 1. The molecule has 5 N–H and O–H groups in total. The lowest BCUT2D eigenvalue weighted by atomic mass is 9.87. The van der Waals surface area contributed by atoms with Gasteiger partial charge in [0.15, 0.2) is 5.78 Å². The minimum Gasteiger partial charge on any atom is -0.369 e. The summed E-state index contributed by atoms with van der Waals surface area (Å²) in [5, 5.41) is 3.03. The molecule has 8 heteroatoms. The Balaban J connectivity index is 1.76. The molecule has 1 aliphatic rings. The second-order valence-corrected chi connectivity index (χ2v) is 7.42. The van der Waals surface area contributed by atoms with Gasteiger partial charge in [-0.2, -0.15) is 8.42 Å². The fraction of sp³-hybridized carbons (Fsp3) is 0.111. The maximum absolute atomic E-state index is 12.5. The number of hydrogen-bond donors (Lipinski definition) is 3. The molecule has 0 fully saturated rings. The zero-order valence-electron chi connectivity index (χ0n) is 13.8. The predicted octanol–water partition coefficient (Wildman–Crippen LogP) is 1.77. The van der Waals surface area contributed by atoms with Crippen LogP contribution in [0.1, 0.15) is 22.3 Å². The number of nitrogens with zero attached hydrogens (tertiary/aromatic N) is 1. The predicted molar refractivity (Wildman–Crippen MR) is 100 cm³/mol. The number of anilines is 1. The van der Waals surface area contributed by atoms with Crippen molar-refractivity contribution in [3.63, 3.8) is 0 Å². The lowest BCUT2D eigenvalue weighted by molar-refractivity contribution is 0.102. The summed E-state index contributed by atoms with van der Waals surface area (Å²) in [6, 6.07) is 13.5. The van der Waals surface area contributed by atoms with Crippen molar-refractivity contribution in [2.45, 2.75) is 17.7 Å². The van der Waals surface area contributed by atoms with Crippen molar-refractivity contribution in [2.75, 3.05) is 5.32 Å². The van der Waals surface area contributed by atoms with Crippen LogP contribution in [0.3, 0.4) is 0 Å². The van der Waals surface area contributed by atoms with Crippen LogP contribution in [0.15, 0.2) is 69.6 Å². The number of hydrogen-bond acceptors (Lipinski definition) is 4. The maximum Gasteiger partial charge on any atom is 0.285 e. The normalized spacial score (nSPS) is 15.4. The van der Waals surface area contributed by atoms with Crippen molar-refractivity contribution in [3.05, 3.63) is 71.4 Å². The lowest BCUT2D eigenvalue weighted by Crippen LogP contribution is -2.24. The number of rotatable bonds is 4. The van der Waals surface area contributed by atoms with E-state index in [-0.39, 0.29) is 10.7 Å². The second kappa shape index (κ2) is 7.01. The molecule has 0 unspecified atom stereocenters. The van der Waals surface area contributed by atoms with Gasteiger partial charge in [0.05, 0.1) is 4.90 Å². The quantitative estimate of drug-likeness (QED) is 0.427. The van der Waals surface area contributed by atoms with Crippen LogP contribution in [0.2, 0.25) is 0 Å². The molecule has 0 heterocycles. The van der Waals surface area contributed by atoms with Gasteiger partial charge in [-0.05, 0) is 42.7 Å². The highest BCUT2D eigenvalue weighted by Gasteiger charge is 2.21. The van der Waals surface area contributed by atoms with Crippen LogP contribution < -0.4 is 16.8 Å². The average molecular weight is 370 g/mol. The molecule has 0 aliphatic heterocycles. The fourth-order valence-electron chi connectivity index (χ4n) is 2.74. The van der Waals surface area contributed by atoms with Crippen LogP contribution in [0, 0.1) is 0 Å². The molecule has 3 rings (SSSR count). The summed E-state index contributed by atoms with van der Waals surface area (Å²) in [7, 11) is -3.91. The summed E-state index contributed by atoms with van der Waals surface area (Å²) >= 11 is 0. The third-order valence-electron chi connectivity index (χ3n) is 4.01. The molecule has 2 aromatic carbocycles. The Morgan fingerprint density at radius 2 is 1.73 bits per heavy atom. The summed E-state index contributed by atoms with van der Waals surface area (Å²) in [5.74, 6) is -0.515. The second-order valence-electron chi connectivity index (χ2n) is 5.82. The van der Waals surface area contributed by atoms with E-state index in [4.69, 9.17) is 11.5 Å². The number of nitrogens with one attached hydrogen (secondary N) is 1. The molecule has 0 spiro atoms. The molecule has 0 bridgehead atoms. The molecular formula is C18H18N4O3S.